The van der Waals surface area contributed by atoms with Crippen molar-refractivity contribution in [2.45, 2.75) is 20.3 Å². The van der Waals surface area contributed by atoms with Crippen LogP contribution < -0.4 is 0 Å². The highest BCUT2D eigenvalue weighted by Gasteiger charge is 2.17. The highest BCUT2D eigenvalue weighted by atomic mass is 35.5. The van der Waals surface area contributed by atoms with E-state index in [1.54, 1.807) is 6.92 Å². The Hall–Kier alpha value is -0.500. The molecule has 3 heteroatoms. The zero-order valence-corrected chi connectivity index (χ0v) is 6.94. The predicted molar refractivity (Wildman–Crippen MR) is 40.5 cm³/mol. The van der Waals surface area contributed by atoms with Gasteiger partial charge in [-0.05, 0) is 13.3 Å². The predicted octanol–water partition coefficient (Wildman–Crippen LogP) is 2.29. The van der Waals surface area contributed by atoms with Gasteiger partial charge in [-0.2, -0.15) is 0 Å². The molecule has 0 aromatic rings. The maximum atomic E-state index is 10.8. The van der Waals surface area contributed by atoms with Crippen LogP contribution in [-0.4, -0.2) is 5.97 Å². The molecule has 0 aliphatic carbocycles. The maximum absolute atomic E-state index is 10.8. The summed E-state index contributed by atoms with van der Waals surface area (Å²) in [4.78, 5) is 10.8. The highest BCUT2D eigenvalue weighted by molar-refractivity contribution is 6.13. The largest absolute Gasteiger partial charge is 0.347 e. The van der Waals surface area contributed by atoms with Crippen molar-refractivity contribution in [3.8, 4) is 0 Å². The van der Waals surface area contributed by atoms with E-state index < -0.39 is 5.97 Å². The second-order valence-corrected chi connectivity index (χ2v) is 2.36. The summed E-state index contributed by atoms with van der Waals surface area (Å²) in [5, 5.41) is 0. The molecule has 0 spiro atoms. The average Bonchev–Trinajstić information content (AvgIpc) is 1.88. The van der Waals surface area contributed by atoms with E-state index in [0.717, 1.165) is 5.57 Å². The molecule has 0 saturated carbocycles. The van der Waals surface area contributed by atoms with E-state index in [1.165, 1.54) is 0 Å². The number of carbonyl (C=O) groups is 1. The third kappa shape index (κ3) is 2.40. The minimum Gasteiger partial charge on any atom is -0.347 e. The molecule has 0 radical (unpaired) electrons. The van der Waals surface area contributed by atoms with Crippen LogP contribution in [0, 0.1) is 5.92 Å². The Balaban J connectivity index is 4.06. The molecular formula is C7H11ClO2. The van der Waals surface area contributed by atoms with Gasteiger partial charge in [0.2, 0.25) is 0 Å². The standard InChI is InChI=1S/C7H11ClO2/c1-4-6(5(2)3)7(9)10-8/h6H,2,4H2,1,3H3. The van der Waals surface area contributed by atoms with Gasteiger partial charge >= 0.3 is 5.97 Å². The Morgan fingerprint density at radius 2 is 2.30 bits per heavy atom. The van der Waals surface area contributed by atoms with Crippen molar-refractivity contribution in [1.82, 2.24) is 0 Å². The van der Waals surface area contributed by atoms with Crippen LogP contribution >= 0.6 is 11.9 Å². The molecule has 0 saturated heterocycles. The van der Waals surface area contributed by atoms with Crippen molar-refractivity contribution in [2.75, 3.05) is 0 Å². The van der Waals surface area contributed by atoms with E-state index in [1.807, 2.05) is 6.92 Å². The van der Waals surface area contributed by atoms with Crippen LogP contribution in [0.1, 0.15) is 20.3 Å². The lowest BCUT2D eigenvalue weighted by Gasteiger charge is -2.08. The summed E-state index contributed by atoms with van der Waals surface area (Å²) in [5.41, 5.74) is 0.785. The van der Waals surface area contributed by atoms with Crippen LogP contribution in [-0.2, 0) is 9.08 Å². The quantitative estimate of drug-likeness (QED) is 0.596. The van der Waals surface area contributed by atoms with Gasteiger partial charge in [-0.15, -0.1) is 0 Å². The van der Waals surface area contributed by atoms with Gasteiger partial charge in [-0.25, -0.2) is 4.79 Å². The highest BCUT2D eigenvalue weighted by Crippen LogP contribution is 2.14. The molecule has 0 aromatic heterocycles. The van der Waals surface area contributed by atoms with Crippen molar-refractivity contribution in [1.29, 1.82) is 0 Å². The summed E-state index contributed by atoms with van der Waals surface area (Å²) in [7, 11) is 0. The van der Waals surface area contributed by atoms with Gasteiger partial charge in [0.05, 0.1) is 5.92 Å². The minimum atomic E-state index is -0.420. The lowest BCUT2D eigenvalue weighted by atomic mass is 10.00. The lowest BCUT2D eigenvalue weighted by molar-refractivity contribution is -0.137. The Morgan fingerprint density at radius 3 is 2.40 bits per heavy atom. The number of hydrogen-bond acceptors (Lipinski definition) is 2. The second-order valence-electron chi connectivity index (χ2n) is 2.20. The molecule has 0 aromatic carbocycles. The van der Waals surface area contributed by atoms with Crippen LogP contribution in [0.15, 0.2) is 12.2 Å². The van der Waals surface area contributed by atoms with E-state index in [0.29, 0.717) is 6.42 Å². The normalized spacial score (nSPS) is 12.3. The number of hydrogen-bond donors (Lipinski definition) is 0. The van der Waals surface area contributed by atoms with E-state index in [2.05, 4.69) is 10.9 Å². The molecule has 0 rings (SSSR count). The minimum absolute atomic E-state index is 0.252. The molecule has 2 nitrogen and oxygen atoms in total. The monoisotopic (exact) mass is 162 g/mol. The second kappa shape index (κ2) is 4.34. The fourth-order valence-corrected chi connectivity index (χ4v) is 0.878. The summed E-state index contributed by atoms with van der Waals surface area (Å²) in [5.74, 6) is -0.672. The topological polar surface area (TPSA) is 26.3 Å². The third-order valence-electron chi connectivity index (χ3n) is 1.36. The summed E-state index contributed by atoms with van der Waals surface area (Å²) in [6.07, 6.45) is 0.681. The van der Waals surface area contributed by atoms with Gasteiger partial charge in [-0.1, -0.05) is 19.1 Å². The van der Waals surface area contributed by atoms with Crippen LogP contribution in [0.4, 0.5) is 0 Å². The fraction of sp³-hybridized carbons (Fsp3) is 0.571. The molecule has 0 amide bonds. The summed E-state index contributed by atoms with van der Waals surface area (Å²) >= 11 is 4.88. The van der Waals surface area contributed by atoms with Crippen LogP contribution in [0.3, 0.4) is 0 Å². The van der Waals surface area contributed by atoms with Crippen molar-refractivity contribution < 1.29 is 9.08 Å². The van der Waals surface area contributed by atoms with Crippen molar-refractivity contribution in [2.24, 2.45) is 5.92 Å². The molecule has 10 heavy (non-hydrogen) atoms. The number of halogens is 1. The summed E-state index contributed by atoms with van der Waals surface area (Å²) in [6.45, 7) is 7.30. The number of rotatable bonds is 3. The molecule has 0 bridgehead atoms. The Labute approximate surface area is 66.0 Å². The Kier molecular flexibility index (Phi) is 4.12. The Morgan fingerprint density at radius 1 is 1.80 bits per heavy atom. The molecule has 0 aliphatic heterocycles. The molecule has 1 unspecified atom stereocenters. The smallest absolute Gasteiger partial charge is 0.331 e. The molecule has 0 fully saturated rings. The van der Waals surface area contributed by atoms with Gasteiger partial charge in [0.15, 0.2) is 0 Å². The van der Waals surface area contributed by atoms with Gasteiger partial charge in [-0.3, -0.25) is 0 Å². The van der Waals surface area contributed by atoms with Gasteiger partial charge in [0.25, 0.3) is 0 Å². The van der Waals surface area contributed by atoms with Crippen LogP contribution in [0.2, 0.25) is 0 Å². The fourth-order valence-electron chi connectivity index (χ4n) is 0.770. The van der Waals surface area contributed by atoms with E-state index in [9.17, 15) is 4.79 Å². The molecule has 0 aliphatic rings. The zero-order valence-electron chi connectivity index (χ0n) is 6.19. The molecular weight excluding hydrogens is 152 g/mol. The first-order valence-corrected chi connectivity index (χ1v) is 3.42. The number of carbonyl (C=O) groups excluding carboxylic acids is 1. The first-order chi connectivity index (χ1) is 4.63. The molecule has 58 valence electrons. The van der Waals surface area contributed by atoms with Crippen molar-refractivity contribution >= 4 is 17.8 Å². The average molecular weight is 163 g/mol. The van der Waals surface area contributed by atoms with Crippen LogP contribution in [0.25, 0.3) is 0 Å². The summed E-state index contributed by atoms with van der Waals surface area (Å²) < 4.78 is 4.04. The summed E-state index contributed by atoms with van der Waals surface area (Å²) in [6, 6.07) is 0. The van der Waals surface area contributed by atoms with E-state index in [-0.39, 0.29) is 5.92 Å². The van der Waals surface area contributed by atoms with E-state index in [4.69, 9.17) is 11.9 Å². The van der Waals surface area contributed by atoms with Crippen molar-refractivity contribution in [3.63, 3.8) is 0 Å². The van der Waals surface area contributed by atoms with Gasteiger partial charge < -0.3 is 4.29 Å². The first-order valence-electron chi connectivity index (χ1n) is 3.11. The molecule has 0 N–H and O–H groups in total. The Bertz CT molecular complexity index is 143. The van der Waals surface area contributed by atoms with Gasteiger partial charge in [0.1, 0.15) is 11.9 Å². The maximum Gasteiger partial charge on any atom is 0.331 e. The SMILES string of the molecule is C=C(C)C(CC)C(=O)OCl. The van der Waals surface area contributed by atoms with Crippen molar-refractivity contribution in [3.05, 3.63) is 12.2 Å². The zero-order chi connectivity index (χ0) is 8.15. The molecule has 0 heterocycles. The van der Waals surface area contributed by atoms with Crippen LogP contribution in [0.5, 0.6) is 0 Å². The third-order valence-corrected chi connectivity index (χ3v) is 1.52. The first kappa shape index (κ1) is 9.50. The molecule has 1 atom stereocenters. The lowest BCUT2D eigenvalue weighted by Crippen LogP contribution is -2.13. The van der Waals surface area contributed by atoms with Gasteiger partial charge in [0, 0.05) is 0 Å². The van der Waals surface area contributed by atoms with E-state index >= 15 is 0 Å².